The van der Waals surface area contributed by atoms with Gasteiger partial charge in [-0.1, -0.05) is 0 Å². The summed E-state index contributed by atoms with van der Waals surface area (Å²) in [6.07, 6.45) is 2.38. The normalized spacial score (nSPS) is 48.3. The molecule has 1 spiro atoms. The predicted molar refractivity (Wildman–Crippen MR) is 33.1 cm³/mol. The van der Waals surface area contributed by atoms with Gasteiger partial charge in [0.2, 0.25) is 0 Å². The number of hydrogen-bond acceptors (Lipinski definition) is 2. The Balaban J connectivity index is 1.97. The summed E-state index contributed by atoms with van der Waals surface area (Å²) in [5, 5.41) is 8.78. The van der Waals surface area contributed by atoms with Crippen molar-refractivity contribution in [3.8, 4) is 0 Å². The molecule has 1 saturated heterocycles. The van der Waals surface area contributed by atoms with Crippen molar-refractivity contribution in [1.29, 1.82) is 0 Å². The number of hydrogen-bond donors (Lipinski definition) is 1. The van der Waals surface area contributed by atoms with E-state index in [-0.39, 0.29) is 0 Å². The van der Waals surface area contributed by atoms with Crippen LogP contribution in [0.4, 0.5) is 0 Å². The average Bonchev–Trinajstić information content (AvgIpc) is 2.30. The van der Waals surface area contributed by atoms with Gasteiger partial charge in [0, 0.05) is 18.6 Å². The zero-order chi connectivity index (χ0) is 6.32. The zero-order valence-electron chi connectivity index (χ0n) is 5.47. The SMILES string of the molecule is OC[C@H]1C[C@]12CCOC2. The molecule has 1 saturated carbocycles. The van der Waals surface area contributed by atoms with Crippen molar-refractivity contribution < 1.29 is 9.84 Å². The quantitative estimate of drug-likeness (QED) is 0.554. The summed E-state index contributed by atoms with van der Waals surface area (Å²) in [6, 6.07) is 0. The molecular weight excluding hydrogens is 116 g/mol. The molecule has 0 aromatic heterocycles. The van der Waals surface area contributed by atoms with Gasteiger partial charge in [0.25, 0.3) is 0 Å². The molecule has 2 aliphatic rings. The molecule has 1 heterocycles. The minimum Gasteiger partial charge on any atom is -0.396 e. The lowest BCUT2D eigenvalue weighted by Crippen LogP contribution is -2.04. The molecule has 1 aliphatic carbocycles. The largest absolute Gasteiger partial charge is 0.396 e. The van der Waals surface area contributed by atoms with Crippen molar-refractivity contribution in [3.63, 3.8) is 0 Å². The molecule has 2 atom stereocenters. The highest BCUT2D eigenvalue weighted by Gasteiger charge is 2.55. The summed E-state index contributed by atoms with van der Waals surface area (Å²) >= 11 is 0. The summed E-state index contributed by atoms with van der Waals surface area (Å²) in [5.74, 6) is 0.569. The van der Waals surface area contributed by atoms with E-state index in [0.29, 0.717) is 17.9 Å². The second-order valence-corrected chi connectivity index (χ2v) is 3.25. The Morgan fingerprint density at radius 2 is 2.56 bits per heavy atom. The molecule has 0 aromatic carbocycles. The van der Waals surface area contributed by atoms with Gasteiger partial charge in [0.15, 0.2) is 0 Å². The maximum atomic E-state index is 8.78. The van der Waals surface area contributed by atoms with Crippen molar-refractivity contribution in [2.24, 2.45) is 11.3 Å². The first-order chi connectivity index (χ1) is 4.37. The minimum atomic E-state index is 0.364. The van der Waals surface area contributed by atoms with Gasteiger partial charge < -0.3 is 9.84 Å². The molecule has 1 aliphatic heterocycles. The van der Waals surface area contributed by atoms with Gasteiger partial charge in [-0.05, 0) is 18.8 Å². The van der Waals surface area contributed by atoms with Gasteiger partial charge in [0.05, 0.1) is 6.61 Å². The van der Waals surface area contributed by atoms with E-state index in [2.05, 4.69) is 0 Å². The first-order valence-corrected chi connectivity index (χ1v) is 3.56. The van der Waals surface area contributed by atoms with Crippen LogP contribution in [0.3, 0.4) is 0 Å². The number of rotatable bonds is 1. The molecule has 2 nitrogen and oxygen atoms in total. The molecule has 1 N–H and O–H groups in total. The third-order valence-electron chi connectivity index (χ3n) is 2.71. The first kappa shape index (κ1) is 5.69. The van der Waals surface area contributed by atoms with Crippen LogP contribution in [0.1, 0.15) is 12.8 Å². The van der Waals surface area contributed by atoms with Gasteiger partial charge in [-0.15, -0.1) is 0 Å². The Morgan fingerprint density at radius 3 is 3.00 bits per heavy atom. The highest BCUT2D eigenvalue weighted by molar-refractivity contribution is 5.03. The van der Waals surface area contributed by atoms with Crippen LogP contribution in [0.5, 0.6) is 0 Å². The van der Waals surface area contributed by atoms with Crippen LogP contribution in [0, 0.1) is 11.3 Å². The van der Waals surface area contributed by atoms with Crippen molar-refractivity contribution >= 4 is 0 Å². The molecule has 9 heavy (non-hydrogen) atoms. The van der Waals surface area contributed by atoms with E-state index in [1.165, 1.54) is 12.8 Å². The van der Waals surface area contributed by atoms with Crippen molar-refractivity contribution in [2.75, 3.05) is 19.8 Å². The third-order valence-corrected chi connectivity index (χ3v) is 2.71. The highest BCUT2D eigenvalue weighted by Crippen LogP contribution is 2.57. The van der Waals surface area contributed by atoms with Gasteiger partial charge >= 0.3 is 0 Å². The molecule has 0 radical (unpaired) electrons. The van der Waals surface area contributed by atoms with Crippen LogP contribution < -0.4 is 0 Å². The predicted octanol–water partition coefficient (Wildman–Crippen LogP) is 0.405. The van der Waals surface area contributed by atoms with Gasteiger partial charge in [0.1, 0.15) is 0 Å². The lowest BCUT2D eigenvalue weighted by Gasteiger charge is -2.01. The number of aliphatic hydroxyl groups excluding tert-OH is 1. The van der Waals surface area contributed by atoms with Crippen molar-refractivity contribution in [3.05, 3.63) is 0 Å². The van der Waals surface area contributed by atoms with E-state index in [9.17, 15) is 0 Å². The number of ether oxygens (including phenoxy) is 1. The Morgan fingerprint density at radius 1 is 1.67 bits per heavy atom. The van der Waals surface area contributed by atoms with E-state index in [4.69, 9.17) is 9.84 Å². The van der Waals surface area contributed by atoms with E-state index in [1.54, 1.807) is 0 Å². The summed E-state index contributed by atoms with van der Waals surface area (Å²) in [6.45, 7) is 2.18. The minimum absolute atomic E-state index is 0.364. The second kappa shape index (κ2) is 1.70. The fourth-order valence-electron chi connectivity index (χ4n) is 1.80. The monoisotopic (exact) mass is 128 g/mol. The molecule has 0 amide bonds. The summed E-state index contributed by atoms with van der Waals surface area (Å²) in [7, 11) is 0. The lowest BCUT2D eigenvalue weighted by molar-refractivity contribution is 0.171. The Bertz CT molecular complexity index is 116. The van der Waals surface area contributed by atoms with E-state index >= 15 is 0 Å². The maximum absolute atomic E-state index is 8.78. The van der Waals surface area contributed by atoms with Gasteiger partial charge in [-0.2, -0.15) is 0 Å². The molecule has 2 heteroatoms. The highest BCUT2D eigenvalue weighted by atomic mass is 16.5. The van der Waals surface area contributed by atoms with Crippen LogP contribution in [-0.4, -0.2) is 24.9 Å². The maximum Gasteiger partial charge on any atom is 0.0526 e. The van der Waals surface area contributed by atoms with Crippen LogP contribution in [0.25, 0.3) is 0 Å². The lowest BCUT2D eigenvalue weighted by atomic mass is 10.0. The first-order valence-electron chi connectivity index (χ1n) is 3.56. The van der Waals surface area contributed by atoms with Crippen molar-refractivity contribution in [2.45, 2.75) is 12.8 Å². The molecule has 2 fully saturated rings. The Labute approximate surface area is 54.8 Å². The molecule has 0 bridgehead atoms. The summed E-state index contributed by atoms with van der Waals surface area (Å²) in [4.78, 5) is 0. The number of aliphatic hydroxyl groups is 1. The zero-order valence-corrected chi connectivity index (χ0v) is 5.47. The topological polar surface area (TPSA) is 29.5 Å². The van der Waals surface area contributed by atoms with Crippen LogP contribution >= 0.6 is 0 Å². The Kier molecular flexibility index (Phi) is 1.08. The van der Waals surface area contributed by atoms with Crippen LogP contribution in [0.2, 0.25) is 0 Å². The van der Waals surface area contributed by atoms with Crippen molar-refractivity contribution in [1.82, 2.24) is 0 Å². The fourth-order valence-corrected chi connectivity index (χ4v) is 1.80. The molecular formula is C7H12O2. The summed E-state index contributed by atoms with van der Waals surface area (Å²) < 4.78 is 5.24. The second-order valence-electron chi connectivity index (χ2n) is 3.25. The van der Waals surface area contributed by atoms with Crippen LogP contribution in [0.15, 0.2) is 0 Å². The summed E-state index contributed by atoms with van der Waals surface area (Å²) in [5.41, 5.74) is 0.439. The van der Waals surface area contributed by atoms with E-state index in [1.807, 2.05) is 0 Å². The molecule has 0 unspecified atom stereocenters. The third kappa shape index (κ3) is 0.700. The standard InChI is InChI=1S/C7H12O2/c8-4-6-3-7(6)1-2-9-5-7/h6,8H,1-5H2/t6-,7+/m1/s1. The molecule has 2 rings (SSSR count). The fraction of sp³-hybridized carbons (Fsp3) is 1.00. The van der Waals surface area contributed by atoms with Gasteiger partial charge in [-0.25, -0.2) is 0 Å². The smallest absolute Gasteiger partial charge is 0.0526 e. The molecule has 52 valence electrons. The average molecular weight is 128 g/mol. The molecule has 0 aromatic rings. The van der Waals surface area contributed by atoms with Gasteiger partial charge in [-0.3, -0.25) is 0 Å². The van der Waals surface area contributed by atoms with E-state index < -0.39 is 0 Å². The van der Waals surface area contributed by atoms with Crippen LogP contribution in [-0.2, 0) is 4.74 Å². The Hall–Kier alpha value is -0.0800. The van der Waals surface area contributed by atoms with E-state index in [0.717, 1.165) is 13.2 Å².